The van der Waals surface area contributed by atoms with Crippen molar-refractivity contribution in [3.05, 3.63) is 0 Å². The third-order valence-electron chi connectivity index (χ3n) is 2.33. The van der Waals surface area contributed by atoms with Gasteiger partial charge in [-0.1, -0.05) is 32.6 Å². The first-order chi connectivity index (χ1) is 6.35. The molecule has 0 aliphatic rings. The fourth-order valence-corrected chi connectivity index (χ4v) is 1.61. The molecule has 0 rings (SSSR count). The van der Waals surface area contributed by atoms with Gasteiger partial charge in [0.15, 0.2) is 0 Å². The van der Waals surface area contributed by atoms with E-state index in [9.17, 15) is 4.79 Å². The summed E-state index contributed by atoms with van der Waals surface area (Å²) < 4.78 is 0. The van der Waals surface area contributed by atoms with Crippen LogP contribution in [0.1, 0.15) is 51.9 Å². The molecule has 0 fully saturated rings. The number of carbonyl (C=O) groups is 1. The first-order valence-electron chi connectivity index (χ1n) is 5.36. The summed E-state index contributed by atoms with van der Waals surface area (Å²) in [5, 5.41) is 0. The monoisotopic (exact) mass is 204 g/mol. The van der Waals surface area contributed by atoms with Crippen LogP contribution >= 0.6 is 11.6 Å². The Hall–Kier alpha value is -0.0400. The highest BCUT2D eigenvalue weighted by Crippen LogP contribution is 2.14. The van der Waals surface area contributed by atoms with Gasteiger partial charge in [0.05, 0.1) is 0 Å². The normalized spacial score (nSPS) is 12.8. The second-order valence-corrected chi connectivity index (χ2v) is 3.95. The SMILES string of the molecule is CCCCCCC(C=O)CCCCl. The molecule has 0 saturated heterocycles. The van der Waals surface area contributed by atoms with Crippen molar-refractivity contribution in [2.24, 2.45) is 5.92 Å². The molecule has 0 aromatic heterocycles. The second kappa shape index (κ2) is 10.0. The zero-order valence-electron chi connectivity index (χ0n) is 8.60. The van der Waals surface area contributed by atoms with Crippen LogP contribution in [0.3, 0.4) is 0 Å². The Morgan fingerprint density at radius 3 is 2.38 bits per heavy atom. The molecule has 2 heteroatoms. The largest absolute Gasteiger partial charge is 0.303 e. The minimum absolute atomic E-state index is 0.260. The standard InChI is InChI=1S/C11H21ClO/c1-2-3-4-5-7-11(10-13)8-6-9-12/h10-11H,2-9H2,1H3. The Bertz CT molecular complexity index is 115. The molecular formula is C11H21ClO. The third kappa shape index (κ3) is 8.29. The molecule has 0 aromatic rings. The molecule has 0 aliphatic heterocycles. The molecule has 1 nitrogen and oxygen atoms in total. The molecule has 0 saturated carbocycles. The molecule has 0 N–H and O–H groups in total. The summed E-state index contributed by atoms with van der Waals surface area (Å²) in [4.78, 5) is 10.6. The molecule has 0 aromatic carbocycles. The van der Waals surface area contributed by atoms with Gasteiger partial charge < -0.3 is 4.79 Å². The summed E-state index contributed by atoms with van der Waals surface area (Å²) in [5.74, 6) is 0.940. The minimum Gasteiger partial charge on any atom is -0.303 e. The van der Waals surface area contributed by atoms with Gasteiger partial charge in [0.1, 0.15) is 6.29 Å². The zero-order valence-corrected chi connectivity index (χ0v) is 9.35. The summed E-state index contributed by atoms with van der Waals surface area (Å²) in [5.41, 5.74) is 0. The molecule has 78 valence electrons. The topological polar surface area (TPSA) is 17.1 Å². The van der Waals surface area contributed by atoms with E-state index in [-0.39, 0.29) is 5.92 Å². The van der Waals surface area contributed by atoms with Crippen LogP contribution in [0.15, 0.2) is 0 Å². The van der Waals surface area contributed by atoms with Crippen LogP contribution in [0.4, 0.5) is 0 Å². The van der Waals surface area contributed by atoms with Gasteiger partial charge in [-0.2, -0.15) is 0 Å². The van der Waals surface area contributed by atoms with Crippen molar-refractivity contribution in [1.29, 1.82) is 0 Å². The van der Waals surface area contributed by atoms with Crippen molar-refractivity contribution in [3.8, 4) is 0 Å². The Labute approximate surface area is 86.9 Å². The van der Waals surface area contributed by atoms with Gasteiger partial charge in [-0.25, -0.2) is 0 Å². The molecule has 0 bridgehead atoms. The van der Waals surface area contributed by atoms with Crippen molar-refractivity contribution in [2.75, 3.05) is 5.88 Å². The zero-order chi connectivity index (χ0) is 9.94. The molecule has 1 atom stereocenters. The molecule has 0 spiro atoms. The van der Waals surface area contributed by atoms with Crippen molar-refractivity contribution in [1.82, 2.24) is 0 Å². The molecule has 0 radical (unpaired) electrons. The van der Waals surface area contributed by atoms with E-state index in [0.717, 1.165) is 25.5 Å². The van der Waals surface area contributed by atoms with E-state index in [2.05, 4.69) is 6.92 Å². The van der Waals surface area contributed by atoms with Gasteiger partial charge >= 0.3 is 0 Å². The van der Waals surface area contributed by atoms with Gasteiger partial charge in [0.25, 0.3) is 0 Å². The lowest BCUT2D eigenvalue weighted by atomic mass is 9.98. The number of halogens is 1. The van der Waals surface area contributed by atoms with Crippen LogP contribution in [0.5, 0.6) is 0 Å². The fourth-order valence-electron chi connectivity index (χ4n) is 1.45. The maximum absolute atomic E-state index is 10.6. The van der Waals surface area contributed by atoms with Crippen LogP contribution in [0.25, 0.3) is 0 Å². The van der Waals surface area contributed by atoms with E-state index >= 15 is 0 Å². The van der Waals surface area contributed by atoms with Crippen molar-refractivity contribution >= 4 is 17.9 Å². The predicted octanol–water partition coefficient (Wildman–Crippen LogP) is 3.79. The quantitative estimate of drug-likeness (QED) is 0.317. The van der Waals surface area contributed by atoms with Gasteiger partial charge in [-0.05, 0) is 19.3 Å². The lowest BCUT2D eigenvalue weighted by Gasteiger charge is -2.07. The van der Waals surface area contributed by atoms with Crippen LogP contribution in [0, 0.1) is 5.92 Å². The third-order valence-corrected chi connectivity index (χ3v) is 2.60. The number of alkyl halides is 1. The molecule has 0 heterocycles. The summed E-state index contributed by atoms with van der Waals surface area (Å²) in [6, 6.07) is 0. The maximum Gasteiger partial charge on any atom is 0.123 e. The number of hydrogen-bond donors (Lipinski definition) is 0. The van der Waals surface area contributed by atoms with Gasteiger partial charge in [-0.3, -0.25) is 0 Å². The van der Waals surface area contributed by atoms with Crippen LogP contribution in [-0.4, -0.2) is 12.2 Å². The fraction of sp³-hybridized carbons (Fsp3) is 0.909. The number of hydrogen-bond acceptors (Lipinski definition) is 1. The van der Waals surface area contributed by atoms with Gasteiger partial charge in [0, 0.05) is 11.8 Å². The molecule has 1 unspecified atom stereocenters. The molecule has 13 heavy (non-hydrogen) atoms. The average Bonchev–Trinajstić information content (AvgIpc) is 2.17. The first kappa shape index (κ1) is 13.0. The Kier molecular flexibility index (Phi) is 10.0. The minimum atomic E-state index is 0.260. The van der Waals surface area contributed by atoms with E-state index in [0.29, 0.717) is 5.88 Å². The summed E-state index contributed by atoms with van der Waals surface area (Å²) in [6.07, 6.45) is 9.10. The van der Waals surface area contributed by atoms with Crippen LogP contribution in [-0.2, 0) is 4.79 Å². The summed E-state index contributed by atoms with van der Waals surface area (Å²) in [6.45, 7) is 2.20. The Morgan fingerprint density at radius 2 is 1.85 bits per heavy atom. The van der Waals surface area contributed by atoms with Gasteiger partial charge in [0.2, 0.25) is 0 Å². The highest BCUT2D eigenvalue weighted by molar-refractivity contribution is 6.17. The van der Waals surface area contributed by atoms with Crippen molar-refractivity contribution in [2.45, 2.75) is 51.9 Å². The Morgan fingerprint density at radius 1 is 1.15 bits per heavy atom. The smallest absolute Gasteiger partial charge is 0.123 e. The lowest BCUT2D eigenvalue weighted by Crippen LogP contribution is -2.02. The van der Waals surface area contributed by atoms with Gasteiger partial charge in [-0.15, -0.1) is 11.6 Å². The van der Waals surface area contributed by atoms with E-state index in [1.54, 1.807) is 0 Å². The highest BCUT2D eigenvalue weighted by Gasteiger charge is 2.05. The first-order valence-corrected chi connectivity index (χ1v) is 5.89. The van der Waals surface area contributed by atoms with Crippen molar-refractivity contribution < 1.29 is 4.79 Å². The second-order valence-electron chi connectivity index (χ2n) is 3.58. The molecule has 0 amide bonds. The number of rotatable bonds is 9. The van der Waals surface area contributed by atoms with Crippen LogP contribution in [0.2, 0.25) is 0 Å². The number of aldehydes is 1. The molecular weight excluding hydrogens is 184 g/mol. The Balaban J connectivity index is 3.31. The van der Waals surface area contributed by atoms with E-state index in [4.69, 9.17) is 11.6 Å². The molecule has 0 aliphatic carbocycles. The number of unbranched alkanes of at least 4 members (excludes halogenated alkanes) is 3. The summed E-state index contributed by atoms with van der Waals surface area (Å²) in [7, 11) is 0. The highest BCUT2D eigenvalue weighted by atomic mass is 35.5. The predicted molar refractivity (Wildman–Crippen MR) is 58.3 cm³/mol. The average molecular weight is 205 g/mol. The van der Waals surface area contributed by atoms with Crippen molar-refractivity contribution in [3.63, 3.8) is 0 Å². The van der Waals surface area contributed by atoms with Crippen LogP contribution < -0.4 is 0 Å². The summed E-state index contributed by atoms with van der Waals surface area (Å²) >= 11 is 5.57. The number of carbonyl (C=O) groups excluding carboxylic acids is 1. The van der Waals surface area contributed by atoms with E-state index < -0.39 is 0 Å². The van der Waals surface area contributed by atoms with E-state index in [1.807, 2.05) is 0 Å². The van der Waals surface area contributed by atoms with E-state index in [1.165, 1.54) is 25.7 Å². The lowest BCUT2D eigenvalue weighted by molar-refractivity contribution is -0.111. The maximum atomic E-state index is 10.6.